The molecule has 1 aromatic heterocycles. The minimum Gasteiger partial charge on any atom is -0.545 e. The molecule has 0 aliphatic carbocycles. The number of rotatable bonds is 3. The van der Waals surface area contributed by atoms with Gasteiger partial charge in [-0.25, -0.2) is 0 Å². The second kappa shape index (κ2) is 6.74. The van der Waals surface area contributed by atoms with Gasteiger partial charge in [-0.2, -0.15) is 0 Å². The molecular weight excluding hydrogens is 307 g/mol. The molecule has 0 saturated carbocycles. The number of carboxylic acid groups (broad SMARTS) is 1. The zero-order valence-corrected chi connectivity index (χ0v) is 15.1. The van der Waals surface area contributed by atoms with Crippen LogP contribution in [0.25, 0.3) is 21.9 Å². The number of hydrogen-bond acceptors (Lipinski definition) is 5. The number of fused-ring (bicyclic) bond motifs is 2. The second-order valence-corrected chi connectivity index (χ2v) is 5.25. The number of carbonyl (C=O) groups excluding carboxylic acids is 1. The summed E-state index contributed by atoms with van der Waals surface area (Å²) in [6.45, 7) is 3.79. The molecule has 0 fully saturated rings. The molecule has 0 radical (unpaired) electrons. The average Bonchev–Trinajstić information content (AvgIpc) is 2.47. The molecule has 0 N–H and O–H groups in total. The van der Waals surface area contributed by atoms with Crippen LogP contribution in [0.15, 0.2) is 45.6 Å². The van der Waals surface area contributed by atoms with Crippen molar-refractivity contribution in [2.24, 2.45) is 0 Å². The topological polar surface area (TPSA) is 79.6 Å². The fraction of sp³-hybridized carbons (Fsp3) is 0.176. The van der Waals surface area contributed by atoms with Crippen molar-refractivity contribution in [3.05, 3.63) is 52.2 Å². The molecule has 0 unspecified atom stereocenters. The van der Waals surface area contributed by atoms with Crippen molar-refractivity contribution in [1.29, 1.82) is 0 Å². The summed E-state index contributed by atoms with van der Waals surface area (Å²) >= 11 is 0. The molecule has 3 aromatic rings. The maximum absolute atomic E-state index is 12.5. The van der Waals surface area contributed by atoms with Crippen molar-refractivity contribution < 1.29 is 48.6 Å². The van der Waals surface area contributed by atoms with E-state index in [0.717, 1.165) is 0 Å². The standard InChI is InChI=1S/C17H14O5.Na/c1-9(2)21-11-4-6-14-13(8-11)16(18)12-5-3-10(17(19)20)7-15(12)22-14;/h3-9H,1-2H3,(H,19,20);/q;+1/p-1. The molecule has 0 atom stereocenters. The van der Waals surface area contributed by atoms with E-state index >= 15 is 0 Å². The first-order valence-corrected chi connectivity index (χ1v) is 6.84. The van der Waals surface area contributed by atoms with Crippen molar-refractivity contribution in [3.8, 4) is 5.75 Å². The first kappa shape index (κ1) is 17.5. The van der Waals surface area contributed by atoms with Crippen molar-refractivity contribution in [2.45, 2.75) is 20.0 Å². The van der Waals surface area contributed by atoms with Gasteiger partial charge in [-0.15, -0.1) is 0 Å². The molecule has 0 aliphatic heterocycles. The Hall–Kier alpha value is -1.82. The van der Waals surface area contributed by atoms with E-state index in [-0.39, 0.29) is 52.2 Å². The molecule has 0 bridgehead atoms. The van der Waals surface area contributed by atoms with Gasteiger partial charge in [0.05, 0.1) is 22.8 Å². The third kappa shape index (κ3) is 3.42. The van der Waals surface area contributed by atoms with Crippen LogP contribution in [0, 0.1) is 0 Å². The van der Waals surface area contributed by atoms with E-state index < -0.39 is 5.97 Å². The van der Waals surface area contributed by atoms with Gasteiger partial charge in [0.25, 0.3) is 0 Å². The van der Waals surface area contributed by atoms with Crippen molar-refractivity contribution in [2.75, 3.05) is 0 Å². The van der Waals surface area contributed by atoms with Crippen LogP contribution in [0.1, 0.15) is 24.2 Å². The number of ether oxygens (including phenoxy) is 1. The predicted molar refractivity (Wildman–Crippen MR) is 80.1 cm³/mol. The Bertz CT molecular complexity index is 943. The molecule has 2 aromatic carbocycles. The van der Waals surface area contributed by atoms with Crippen LogP contribution in [0.3, 0.4) is 0 Å². The van der Waals surface area contributed by atoms with Crippen molar-refractivity contribution >= 4 is 27.9 Å². The third-order valence-corrected chi connectivity index (χ3v) is 3.25. The molecule has 0 saturated heterocycles. The largest absolute Gasteiger partial charge is 1.00 e. The maximum atomic E-state index is 12.5. The van der Waals surface area contributed by atoms with Gasteiger partial charge in [0.2, 0.25) is 5.43 Å². The molecule has 0 aliphatic rings. The van der Waals surface area contributed by atoms with Crippen LogP contribution < -0.4 is 44.8 Å². The van der Waals surface area contributed by atoms with Crippen LogP contribution in [-0.2, 0) is 0 Å². The number of aromatic carboxylic acids is 1. The molecule has 23 heavy (non-hydrogen) atoms. The minimum absolute atomic E-state index is 0. The van der Waals surface area contributed by atoms with Crippen LogP contribution in [0.2, 0.25) is 0 Å². The maximum Gasteiger partial charge on any atom is 1.00 e. The van der Waals surface area contributed by atoms with E-state index in [1.54, 1.807) is 18.2 Å². The van der Waals surface area contributed by atoms with Crippen molar-refractivity contribution in [3.63, 3.8) is 0 Å². The Kier molecular flexibility index (Phi) is 5.14. The number of carbonyl (C=O) groups is 1. The summed E-state index contributed by atoms with van der Waals surface area (Å²) in [5.74, 6) is -0.731. The Morgan fingerprint density at radius 3 is 2.48 bits per heavy atom. The Balaban J connectivity index is 0.00000192. The quantitative estimate of drug-likeness (QED) is 0.462. The third-order valence-electron chi connectivity index (χ3n) is 3.25. The van der Waals surface area contributed by atoms with Gasteiger partial charge in [0, 0.05) is 5.56 Å². The fourth-order valence-corrected chi connectivity index (χ4v) is 2.31. The number of carboxylic acids is 1. The average molecular weight is 320 g/mol. The Morgan fingerprint density at radius 1 is 1.09 bits per heavy atom. The van der Waals surface area contributed by atoms with Gasteiger partial charge in [0.15, 0.2) is 0 Å². The monoisotopic (exact) mass is 320 g/mol. The van der Waals surface area contributed by atoms with Gasteiger partial charge in [-0.1, -0.05) is 6.07 Å². The molecule has 0 amide bonds. The zero-order chi connectivity index (χ0) is 15.9. The molecule has 112 valence electrons. The van der Waals surface area contributed by atoms with Crippen molar-refractivity contribution in [1.82, 2.24) is 0 Å². The van der Waals surface area contributed by atoms with E-state index in [0.29, 0.717) is 22.1 Å². The molecule has 0 spiro atoms. The normalized spacial score (nSPS) is 10.7. The first-order chi connectivity index (χ1) is 10.5. The van der Waals surface area contributed by atoms with E-state index in [4.69, 9.17) is 9.15 Å². The molecular formula is C17H13NaO5. The van der Waals surface area contributed by atoms with Gasteiger partial charge >= 0.3 is 29.6 Å². The smallest absolute Gasteiger partial charge is 0.545 e. The zero-order valence-electron chi connectivity index (χ0n) is 13.1. The summed E-state index contributed by atoms with van der Waals surface area (Å²) in [4.78, 5) is 23.4. The number of hydrogen-bond donors (Lipinski definition) is 0. The first-order valence-electron chi connectivity index (χ1n) is 6.84. The Morgan fingerprint density at radius 2 is 1.83 bits per heavy atom. The summed E-state index contributed by atoms with van der Waals surface area (Å²) in [7, 11) is 0. The minimum atomic E-state index is -1.31. The molecule has 6 heteroatoms. The van der Waals surface area contributed by atoms with Crippen LogP contribution in [-0.4, -0.2) is 12.1 Å². The van der Waals surface area contributed by atoms with E-state index in [2.05, 4.69) is 0 Å². The van der Waals surface area contributed by atoms with E-state index in [1.165, 1.54) is 18.2 Å². The molecule has 5 nitrogen and oxygen atoms in total. The van der Waals surface area contributed by atoms with Crippen LogP contribution in [0.5, 0.6) is 5.75 Å². The van der Waals surface area contributed by atoms with Gasteiger partial charge in [-0.3, -0.25) is 4.79 Å². The second-order valence-electron chi connectivity index (χ2n) is 5.25. The van der Waals surface area contributed by atoms with E-state index in [1.807, 2.05) is 13.8 Å². The van der Waals surface area contributed by atoms with Gasteiger partial charge in [0.1, 0.15) is 16.9 Å². The molecule has 1 heterocycles. The molecule has 3 rings (SSSR count). The summed E-state index contributed by atoms with van der Waals surface area (Å²) in [6, 6.07) is 9.03. The van der Waals surface area contributed by atoms with Crippen LogP contribution >= 0.6 is 0 Å². The van der Waals surface area contributed by atoms with Gasteiger partial charge in [-0.05, 0) is 44.2 Å². The van der Waals surface area contributed by atoms with Crippen LogP contribution in [0.4, 0.5) is 0 Å². The van der Waals surface area contributed by atoms with E-state index in [9.17, 15) is 14.7 Å². The number of benzene rings is 2. The van der Waals surface area contributed by atoms with Gasteiger partial charge < -0.3 is 19.1 Å². The predicted octanol–water partition coefficient (Wildman–Crippen LogP) is -0.899. The summed E-state index contributed by atoms with van der Waals surface area (Å²) < 4.78 is 11.2. The summed E-state index contributed by atoms with van der Waals surface area (Å²) in [6.07, 6.45) is -0.00410. The fourth-order valence-electron chi connectivity index (χ4n) is 2.31. The summed E-state index contributed by atoms with van der Waals surface area (Å²) in [5.41, 5.74) is 0.339. The SMILES string of the molecule is CC(C)Oc1ccc2oc3cc(C(=O)[O-])ccc3c(=O)c2c1.[Na+]. The summed E-state index contributed by atoms with van der Waals surface area (Å²) in [5, 5.41) is 11.6. The Labute approximate surface area is 154 Å².